The predicted molar refractivity (Wildman–Crippen MR) is 96.6 cm³/mol. The van der Waals surface area contributed by atoms with Crippen LogP contribution in [0.3, 0.4) is 0 Å². The molecule has 0 spiro atoms. The molecule has 0 bridgehead atoms. The minimum Gasteiger partial charge on any atom is -0.451 e. The first-order chi connectivity index (χ1) is 11.5. The van der Waals surface area contributed by atoms with Gasteiger partial charge >= 0.3 is 0 Å². The van der Waals surface area contributed by atoms with Crippen LogP contribution in [0.1, 0.15) is 26.5 Å². The third-order valence-corrected chi connectivity index (χ3v) is 4.15. The molecule has 3 rings (SSSR count). The van der Waals surface area contributed by atoms with Crippen molar-refractivity contribution in [1.82, 2.24) is 15.3 Å². The van der Waals surface area contributed by atoms with Gasteiger partial charge in [-0.05, 0) is 32.4 Å². The Bertz CT molecular complexity index is 714. The number of hydrogen-bond donors (Lipinski definition) is 1. The summed E-state index contributed by atoms with van der Waals surface area (Å²) in [5.41, 5.74) is 3.79. The summed E-state index contributed by atoms with van der Waals surface area (Å²) < 4.78 is 4.97. The van der Waals surface area contributed by atoms with E-state index in [-0.39, 0.29) is 18.1 Å². The molecule has 6 heteroatoms. The van der Waals surface area contributed by atoms with Crippen molar-refractivity contribution in [3.8, 4) is 0 Å². The molecule has 3 atom stereocenters. The van der Waals surface area contributed by atoms with Crippen molar-refractivity contribution < 1.29 is 4.42 Å². The van der Waals surface area contributed by atoms with Crippen molar-refractivity contribution in [3.63, 3.8) is 0 Å². The van der Waals surface area contributed by atoms with Gasteiger partial charge in [-0.25, -0.2) is 9.99 Å². The quantitative estimate of drug-likeness (QED) is 0.817. The summed E-state index contributed by atoms with van der Waals surface area (Å²) in [5.74, 6) is 0.262. The summed E-state index contributed by atoms with van der Waals surface area (Å²) in [6, 6.07) is 0.210. The van der Waals surface area contributed by atoms with Gasteiger partial charge in [-0.3, -0.25) is 4.99 Å². The molecule has 1 aromatic rings. The van der Waals surface area contributed by atoms with Crippen molar-refractivity contribution in [3.05, 3.63) is 48.9 Å². The number of aromatic nitrogens is 1. The second-order valence-electron chi connectivity index (χ2n) is 6.20. The molecule has 1 N–H and O–H groups in total. The zero-order chi connectivity index (χ0) is 17.1. The van der Waals surface area contributed by atoms with Gasteiger partial charge in [0, 0.05) is 30.2 Å². The van der Waals surface area contributed by atoms with Crippen LogP contribution in [-0.2, 0) is 0 Å². The van der Waals surface area contributed by atoms with Gasteiger partial charge in [0.15, 0.2) is 12.6 Å². The molecule has 0 amide bonds. The summed E-state index contributed by atoms with van der Waals surface area (Å²) in [6.07, 6.45) is 11.1. The Morgan fingerprint density at radius 3 is 3.08 bits per heavy atom. The molecule has 3 heterocycles. The van der Waals surface area contributed by atoms with Crippen LogP contribution in [-0.4, -0.2) is 40.7 Å². The lowest BCUT2D eigenvalue weighted by Gasteiger charge is -2.29. The standard InChI is InChI=1S/C18H23N5O/c1-12(17-10-24-11-20-17)5-6-13(2)19-8-16-9-21-23-15(4)7-14(3)22-18(16)23/h5-7,9-11,13,16,18-19H,1,8H2,2-4H3/b6-5-. The Labute approximate surface area is 142 Å². The lowest BCUT2D eigenvalue weighted by molar-refractivity contribution is 0.255. The van der Waals surface area contributed by atoms with Crippen LogP contribution >= 0.6 is 0 Å². The maximum Gasteiger partial charge on any atom is 0.181 e. The second kappa shape index (κ2) is 6.97. The number of allylic oxidation sites excluding steroid dienone is 4. The van der Waals surface area contributed by atoms with E-state index >= 15 is 0 Å². The van der Waals surface area contributed by atoms with Crippen LogP contribution in [0, 0.1) is 5.92 Å². The zero-order valence-electron chi connectivity index (χ0n) is 14.3. The molecule has 6 nitrogen and oxygen atoms in total. The number of hydrogen-bond acceptors (Lipinski definition) is 6. The largest absolute Gasteiger partial charge is 0.451 e. The van der Waals surface area contributed by atoms with Crippen LogP contribution < -0.4 is 5.32 Å². The van der Waals surface area contributed by atoms with E-state index in [2.05, 4.69) is 48.0 Å². The Hall–Kier alpha value is -2.47. The Morgan fingerprint density at radius 1 is 1.50 bits per heavy atom. The summed E-state index contributed by atoms with van der Waals surface area (Å²) in [7, 11) is 0. The van der Waals surface area contributed by atoms with Crippen LogP contribution in [0.15, 0.2) is 57.7 Å². The minimum atomic E-state index is 0.0729. The molecule has 0 saturated carbocycles. The van der Waals surface area contributed by atoms with E-state index < -0.39 is 0 Å². The number of hydrazone groups is 1. The summed E-state index contributed by atoms with van der Waals surface area (Å²) in [6.45, 7) is 11.0. The van der Waals surface area contributed by atoms with Gasteiger partial charge in [-0.15, -0.1) is 0 Å². The van der Waals surface area contributed by atoms with E-state index in [1.54, 1.807) is 6.26 Å². The number of nitrogens with one attached hydrogen (secondary N) is 1. The highest BCUT2D eigenvalue weighted by molar-refractivity contribution is 5.94. The maximum atomic E-state index is 4.97. The van der Waals surface area contributed by atoms with Gasteiger partial charge in [0.1, 0.15) is 12.0 Å². The smallest absolute Gasteiger partial charge is 0.181 e. The third kappa shape index (κ3) is 3.54. The molecule has 0 radical (unpaired) electrons. The minimum absolute atomic E-state index is 0.0729. The second-order valence-corrected chi connectivity index (χ2v) is 6.20. The first-order valence-corrected chi connectivity index (χ1v) is 8.09. The highest BCUT2D eigenvalue weighted by Gasteiger charge is 2.33. The molecule has 0 aromatic carbocycles. The van der Waals surface area contributed by atoms with Crippen LogP contribution in [0.4, 0.5) is 0 Å². The zero-order valence-corrected chi connectivity index (χ0v) is 14.3. The van der Waals surface area contributed by atoms with Crippen molar-refractivity contribution in [1.29, 1.82) is 0 Å². The van der Waals surface area contributed by atoms with Gasteiger partial charge < -0.3 is 9.73 Å². The molecular weight excluding hydrogens is 302 g/mol. The number of nitrogens with zero attached hydrogens (tertiary/aromatic N) is 4. The molecule has 3 unspecified atom stereocenters. The first-order valence-electron chi connectivity index (χ1n) is 8.09. The van der Waals surface area contributed by atoms with E-state index in [1.807, 2.05) is 24.2 Å². The van der Waals surface area contributed by atoms with Gasteiger partial charge in [0.05, 0.1) is 5.92 Å². The van der Waals surface area contributed by atoms with Crippen LogP contribution in [0.25, 0.3) is 5.57 Å². The van der Waals surface area contributed by atoms with Crippen molar-refractivity contribution in [2.24, 2.45) is 16.0 Å². The highest BCUT2D eigenvalue weighted by Crippen LogP contribution is 2.26. The number of aliphatic imine (C=N–C) groups is 1. The molecule has 24 heavy (non-hydrogen) atoms. The Kier molecular flexibility index (Phi) is 4.76. The van der Waals surface area contributed by atoms with E-state index in [4.69, 9.17) is 9.41 Å². The molecule has 2 aliphatic heterocycles. The molecular formula is C18H23N5O. The lowest BCUT2D eigenvalue weighted by atomic mass is 10.1. The number of rotatable bonds is 6. The van der Waals surface area contributed by atoms with Gasteiger partial charge in [0.25, 0.3) is 0 Å². The van der Waals surface area contributed by atoms with Crippen molar-refractivity contribution in [2.75, 3.05) is 6.54 Å². The van der Waals surface area contributed by atoms with Gasteiger partial charge in [-0.1, -0.05) is 18.7 Å². The normalized spacial score (nSPS) is 24.0. The monoisotopic (exact) mass is 325 g/mol. The molecule has 2 aliphatic rings. The average Bonchev–Trinajstić information content (AvgIpc) is 3.20. The fourth-order valence-corrected chi connectivity index (χ4v) is 2.81. The highest BCUT2D eigenvalue weighted by atomic mass is 16.3. The van der Waals surface area contributed by atoms with Crippen molar-refractivity contribution >= 4 is 17.5 Å². The average molecular weight is 325 g/mol. The number of oxazole rings is 1. The fraction of sp³-hybridized carbons (Fsp3) is 0.389. The first kappa shape index (κ1) is 16.4. The van der Waals surface area contributed by atoms with E-state index in [1.165, 1.54) is 6.39 Å². The number of fused-ring (bicyclic) bond motifs is 1. The lowest BCUT2D eigenvalue weighted by Crippen LogP contribution is -2.39. The molecule has 0 saturated heterocycles. The van der Waals surface area contributed by atoms with Crippen LogP contribution in [0.2, 0.25) is 0 Å². The summed E-state index contributed by atoms with van der Waals surface area (Å²) in [5, 5.41) is 9.98. The Morgan fingerprint density at radius 2 is 2.33 bits per heavy atom. The fourth-order valence-electron chi connectivity index (χ4n) is 2.81. The molecule has 1 aromatic heterocycles. The van der Waals surface area contributed by atoms with Gasteiger partial charge in [0.2, 0.25) is 0 Å². The van der Waals surface area contributed by atoms with Crippen LogP contribution in [0.5, 0.6) is 0 Å². The van der Waals surface area contributed by atoms with E-state index in [0.717, 1.165) is 29.2 Å². The predicted octanol–water partition coefficient (Wildman–Crippen LogP) is 2.84. The van der Waals surface area contributed by atoms with Crippen molar-refractivity contribution in [2.45, 2.75) is 33.0 Å². The molecule has 0 fully saturated rings. The SMILES string of the molecule is C=C(/C=C\C(C)NCC1C=NN2C(C)=CC(C)=NC12)c1cocn1. The summed E-state index contributed by atoms with van der Waals surface area (Å²) >= 11 is 0. The van der Waals surface area contributed by atoms with E-state index in [9.17, 15) is 0 Å². The Balaban J connectivity index is 1.52. The molecule has 0 aliphatic carbocycles. The topological polar surface area (TPSA) is 66.0 Å². The molecule has 126 valence electrons. The summed E-state index contributed by atoms with van der Waals surface area (Å²) in [4.78, 5) is 8.79. The maximum absolute atomic E-state index is 4.97. The van der Waals surface area contributed by atoms with Gasteiger partial charge in [-0.2, -0.15) is 5.10 Å². The van der Waals surface area contributed by atoms with E-state index in [0.29, 0.717) is 0 Å². The third-order valence-electron chi connectivity index (χ3n) is 4.15.